The number of nitrogens with one attached hydrogen (secondary N) is 1. The maximum Gasteiger partial charge on any atom is 0.573 e. The zero-order valence-corrected chi connectivity index (χ0v) is 12.1. The molecule has 0 bridgehead atoms. The second-order valence-electron chi connectivity index (χ2n) is 4.17. The molecule has 0 saturated carbocycles. The van der Waals surface area contributed by atoms with Crippen molar-refractivity contribution in [2.24, 2.45) is 0 Å². The number of hydrogen-bond acceptors (Lipinski definition) is 2. The Morgan fingerprint density at radius 2 is 1.71 bits per heavy atom. The van der Waals surface area contributed by atoms with Crippen LogP contribution in [0.15, 0.2) is 46.9 Å². The van der Waals surface area contributed by atoms with Crippen LogP contribution in [0.1, 0.15) is 5.56 Å². The molecule has 112 valence electrons. The minimum absolute atomic E-state index is 0.289. The lowest BCUT2D eigenvalue weighted by molar-refractivity contribution is -0.274. The van der Waals surface area contributed by atoms with Gasteiger partial charge in [-0.1, -0.05) is 6.07 Å². The van der Waals surface area contributed by atoms with Crippen molar-refractivity contribution < 1.29 is 22.3 Å². The van der Waals surface area contributed by atoms with Crippen molar-refractivity contribution in [3.8, 4) is 5.75 Å². The summed E-state index contributed by atoms with van der Waals surface area (Å²) in [5, 5.41) is 2.98. The average Bonchev–Trinajstić information content (AvgIpc) is 2.40. The van der Waals surface area contributed by atoms with E-state index < -0.39 is 6.36 Å². The van der Waals surface area contributed by atoms with Crippen LogP contribution in [0.2, 0.25) is 0 Å². The number of halogens is 5. The normalized spacial score (nSPS) is 11.3. The number of benzene rings is 2. The first-order chi connectivity index (χ1) is 9.83. The van der Waals surface area contributed by atoms with Gasteiger partial charge in [0.25, 0.3) is 0 Å². The van der Waals surface area contributed by atoms with Gasteiger partial charge >= 0.3 is 6.36 Å². The monoisotopic (exact) mass is 363 g/mol. The van der Waals surface area contributed by atoms with Gasteiger partial charge in [-0.3, -0.25) is 0 Å². The molecule has 2 rings (SSSR count). The lowest BCUT2D eigenvalue weighted by Crippen LogP contribution is -2.17. The van der Waals surface area contributed by atoms with Crippen LogP contribution in [0.3, 0.4) is 0 Å². The molecule has 0 fully saturated rings. The first-order valence-electron chi connectivity index (χ1n) is 5.87. The summed E-state index contributed by atoms with van der Waals surface area (Å²) in [6.45, 7) is 0.351. The molecule has 0 spiro atoms. The van der Waals surface area contributed by atoms with Gasteiger partial charge in [0, 0.05) is 12.2 Å². The summed E-state index contributed by atoms with van der Waals surface area (Å²) in [5.41, 5.74) is 1.32. The molecule has 0 heterocycles. The van der Waals surface area contributed by atoms with E-state index in [-0.39, 0.29) is 11.6 Å². The van der Waals surface area contributed by atoms with Crippen LogP contribution >= 0.6 is 15.9 Å². The Hall–Kier alpha value is -1.76. The summed E-state index contributed by atoms with van der Waals surface area (Å²) in [6, 6.07) is 10.0. The van der Waals surface area contributed by atoms with Crippen LogP contribution in [0.5, 0.6) is 5.75 Å². The van der Waals surface area contributed by atoms with Crippen LogP contribution in [0.25, 0.3) is 0 Å². The number of hydrogen-bond donors (Lipinski definition) is 1. The molecule has 0 aliphatic carbocycles. The molecule has 0 aliphatic heterocycles. The summed E-state index contributed by atoms with van der Waals surface area (Å²) in [6.07, 6.45) is -4.70. The third-order valence-electron chi connectivity index (χ3n) is 2.57. The average molecular weight is 364 g/mol. The highest BCUT2D eigenvalue weighted by atomic mass is 79.9. The Morgan fingerprint density at radius 3 is 2.29 bits per heavy atom. The predicted octanol–water partition coefficient (Wildman–Crippen LogP) is 5.10. The van der Waals surface area contributed by atoms with Crippen molar-refractivity contribution in [3.05, 3.63) is 58.3 Å². The van der Waals surface area contributed by atoms with Gasteiger partial charge in [-0.05, 0) is 57.9 Å². The molecule has 2 aromatic rings. The van der Waals surface area contributed by atoms with Crippen molar-refractivity contribution in [2.45, 2.75) is 12.9 Å². The van der Waals surface area contributed by atoms with Gasteiger partial charge in [-0.2, -0.15) is 0 Å². The summed E-state index contributed by atoms with van der Waals surface area (Å²) in [5.74, 6) is -0.661. The molecule has 1 N–H and O–H groups in total. The summed E-state index contributed by atoms with van der Waals surface area (Å²) in [4.78, 5) is 0. The molecular formula is C14H10BrF4NO. The summed E-state index contributed by atoms with van der Waals surface area (Å²) < 4.78 is 53.5. The molecule has 0 unspecified atom stereocenters. The molecule has 21 heavy (non-hydrogen) atoms. The molecule has 0 amide bonds. The van der Waals surface area contributed by atoms with Gasteiger partial charge in [0.1, 0.15) is 11.6 Å². The van der Waals surface area contributed by atoms with Crippen LogP contribution < -0.4 is 10.1 Å². The third kappa shape index (κ3) is 4.93. The molecular weight excluding hydrogens is 354 g/mol. The lowest BCUT2D eigenvalue weighted by atomic mass is 10.2. The maximum absolute atomic E-state index is 13.3. The lowest BCUT2D eigenvalue weighted by Gasteiger charge is -2.10. The van der Waals surface area contributed by atoms with Crippen molar-refractivity contribution in [1.29, 1.82) is 0 Å². The SMILES string of the molecule is Fc1cc(CNc2ccc(OC(F)(F)F)cc2)ccc1Br. The van der Waals surface area contributed by atoms with Crippen molar-refractivity contribution in [3.63, 3.8) is 0 Å². The second-order valence-corrected chi connectivity index (χ2v) is 5.03. The largest absolute Gasteiger partial charge is 0.573 e. The molecule has 0 radical (unpaired) electrons. The van der Waals surface area contributed by atoms with Crippen LogP contribution in [-0.2, 0) is 6.54 Å². The Balaban J connectivity index is 1.96. The van der Waals surface area contributed by atoms with Crippen molar-refractivity contribution in [1.82, 2.24) is 0 Å². The van der Waals surface area contributed by atoms with Gasteiger partial charge in [0.05, 0.1) is 4.47 Å². The first kappa shape index (κ1) is 15.6. The summed E-state index contributed by atoms with van der Waals surface area (Å²) in [7, 11) is 0. The van der Waals surface area contributed by atoms with Crippen molar-refractivity contribution >= 4 is 21.6 Å². The van der Waals surface area contributed by atoms with E-state index in [0.29, 0.717) is 22.3 Å². The Bertz CT molecular complexity index is 613. The standard InChI is InChI=1S/C14H10BrF4NO/c15-12-6-1-9(7-13(12)16)8-20-10-2-4-11(5-3-10)21-14(17,18)19/h1-7,20H,8H2. The van der Waals surface area contributed by atoms with E-state index in [1.807, 2.05) is 0 Å². The Kier molecular flexibility index (Phi) is 4.72. The van der Waals surface area contributed by atoms with E-state index in [1.165, 1.54) is 30.3 Å². The second kappa shape index (κ2) is 6.34. The third-order valence-corrected chi connectivity index (χ3v) is 3.21. The predicted molar refractivity (Wildman–Crippen MR) is 74.6 cm³/mol. The Morgan fingerprint density at radius 1 is 1.05 bits per heavy atom. The smallest absolute Gasteiger partial charge is 0.406 e. The van der Waals surface area contributed by atoms with Gasteiger partial charge in [-0.15, -0.1) is 13.2 Å². The van der Waals surface area contributed by atoms with E-state index in [0.717, 1.165) is 0 Å². The zero-order valence-electron chi connectivity index (χ0n) is 10.5. The fourth-order valence-corrected chi connectivity index (χ4v) is 1.87. The fraction of sp³-hybridized carbons (Fsp3) is 0.143. The van der Waals surface area contributed by atoms with E-state index >= 15 is 0 Å². The molecule has 2 nitrogen and oxygen atoms in total. The minimum Gasteiger partial charge on any atom is -0.406 e. The maximum atomic E-state index is 13.3. The molecule has 0 saturated heterocycles. The number of ether oxygens (including phenoxy) is 1. The summed E-state index contributed by atoms with van der Waals surface area (Å²) >= 11 is 3.06. The van der Waals surface area contributed by atoms with E-state index in [2.05, 4.69) is 26.0 Å². The molecule has 0 aromatic heterocycles. The number of anilines is 1. The van der Waals surface area contributed by atoms with E-state index in [4.69, 9.17) is 0 Å². The number of rotatable bonds is 4. The van der Waals surface area contributed by atoms with E-state index in [1.54, 1.807) is 12.1 Å². The van der Waals surface area contributed by atoms with Gasteiger partial charge in [-0.25, -0.2) is 4.39 Å². The van der Waals surface area contributed by atoms with Crippen LogP contribution in [0, 0.1) is 5.82 Å². The number of alkyl halides is 3. The highest BCUT2D eigenvalue weighted by Gasteiger charge is 2.30. The minimum atomic E-state index is -4.70. The van der Waals surface area contributed by atoms with Gasteiger partial charge < -0.3 is 10.1 Å². The van der Waals surface area contributed by atoms with Gasteiger partial charge in [0.15, 0.2) is 0 Å². The molecule has 2 aromatic carbocycles. The molecule has 0 aliphatic rings. The molecule has 7 heteroatoms. The first-order valence-corrected chi connectivity index (χ1v) is 6.66. The van der Waals surface area contributed by atoms with Crippen molar-refractivity contribution in [2.75, 3.05) is 5.32 Å². The highest BCUT2D eigenvalue weighted by molar-refractivity contribution is 9.10. The quantitative estimate of drug-likeness (QED) is 0.763. The zero-order chi connectivity index (χ0) is 15.5. The van der Waals surface area contributed by atoms with Gasteiger partial charge in [0.2, 0.25) is 0 Å². The molecule has 0 atom stereocenters. The van der Waals surface area contributed by atoms with Crippen LogP contribution in [-0.4, -0.2) is 6.36 Å². The topological polar surface area (TPSA) is 21.3 Å². The van der Waals surface area contributed by atoms with E-state index in [9.17, 15) is 17.6 Å². The Labute approximate surface area is 126 Å². The fourth-order valence-electron chi connectivity index (χ4n) is 1.63. The van der Waals surface area contributed by atoms with Crippen LogP contribution in [0.4, 0.5) is 23.2 Å². The highest BCUT2D eigenvalue weighted by Crippen LogP contribution is 2.24.